The van der Waals surface area contributed by atoms with E-state index in [1.54, 1.807) is 23.0 Å². The third-order valence-corrected chi connectivity index (χ3v) is 10.6. The van der Waals surface area contributed by atoms with Gasteiger partial charge in [-0.05, 0) is 93.7 Å². The molecule has 11 rings (SSSR count). The topological polar surface area (TPSA) is 87.2 Å². The molecule has 0 fully saturated rings. The number of rotatable bonds is 2. The Labute approximate surface area is 270 Å². The summed E-state index contributed by atoms with van der Waals surface area (Å²) >= 11 is 0. The van der Waals surface area contributed by atoms with E-state index in [0.717, 1.165) is 98.6 Å². The Morgan fingerprint density at radius 3 is 1.19 bits per heavy atom. The van der Waals surface area contributed by atoms with Crippen molar-refractivity contribution in [2.24, 2.45) is 0 Å². The number of hydrogen-bond acceptors (Lipinski definition) is 6. The predicted molar refractivity (Wildman–Crippen MR) is 193 cm³/mol. The largest absolute Gasteiger partial charge is 0.496 e. The molecule has 228 valence electrons. The highest BCUT2D eigenvalue weighted by Crippen LogP contribution is 2.46. The molecule has 11 aromatic rings. The Bertz CT molecular complexity index is 3130. The first-order chi connectivity index (χ1) is 23.4. The van der Waals surface area contributed by atoms with Crippen LogP contribution in [0, 0.1) is 13.8 Å². The molecule has 0 aliphatic carbocycles. The van der Waals surface area contributed by atoms with Crippen molar-refractivity contribution in [2.45, 2.75) is 13.8 Å². The Morgan fingerprint density at radius 2 is 0.812 bits per heavy atom. The van der Waals surface area contributed by atoms with Crippen LogP contribution in [-0.4, -0.2) is 33.0 Å². The van der Waals surface area contributed by atoms with Crippen molar-refractivity contribution in [1.82, 2.24) is 18.8 Å². The molecule has 0 saturated carbocycles. The van der Waals surface area contributed by atoms with Gasteiger partial charge in [0.1, 0.15) is 22.8 Å². The molecule has 0 saturated heterocycles. The Hall–Kier alpha value is -6.28. The highest BCUT2D eigenvalue weighted by atomic mass is 16.5. The molecule has 0 N–H and O–H groups in total. The molecule has 4 aromatic heterocycles. The van der Waals surface area contributed by atoms with E-state index >= 15 is 0 Å². The zero-order valence-corrected chi connectivity index (χ0v) is 26.4. The van der Waals surface area contributed by atoms with Gasteiger partial charge in [0.25, 0.3) is 11.1 Å². The van der Waals surface area contributed by atoms with Crippen LogP contribution in [0.2, 0.25) is 0 Å². The van der Waals surface area contributed by atoms with Gasteiger partial charge in [0.2, 0.25) is 0 Å². The summed E-state index contributed by atoms with van der Waals surface area (Å²) in [5, 5.41) is 11.1. The summed E-state index contributed by atoms with van der Waals surface area (Å²) in [5.74, 6) is 1.43. The van der Waals surface area contributed by atoms with Crippen LogP contribution in [0.5, 0.6) is 11.5 Å². The standard InChI is InChI=1S/C40H24N4O4/c1-17-13-27-29(15-31(17)47-3)43-37(41-27)23-9-5-19-22-8-12-26-36-24(38-42-28-14-18(2)32(48-4)16-30(28)44(38)40(26)46)10-6-20(34(22)36)21-7-11-25(39(43)45)35(23)33(19)21/h5-16H,1-4H3. The molecule has 0 unspecified atom stereocenters. The second kappa shape index (κ2) is 8.35. The normalized spacial score (nSPS) is 12.8. The maximum Gasteiger partial charge on any atom is 0.264 e. The maximum absolute atomic E-state index is 14.3. The van der Waals surface area contributed by atoms with Crippen LogP contribution in [0.4, 0.5) is 0 Å². The van der Waals surface area contributed by atoms with Crippen LogP contribution in [0.25, 0.3) is 98.0 Å². The molecule has 0 spiro atoms. The number of nitrogens with zero attached hydrogens (tertiary/aromatic N) is 4. The monoisotopic (exact) mass is 624 g/mol. The second-order valence-corrected chi connectivity index (χ2v) is 12.9. The van der Waals surface area contributed by atoms with E-state index in [4.69, 9.17) is 19.4 Å². The quantitative estimate of drug-likeness (QED) is 0.144. The predicted octanol–water partition coefficient (Wildman–Crippen LogP) is 7.88. The molecule has 8 nitrogen and oxygen atoms in total. The maximum atomic E-state index is 14.3. The minimum atomic E-state index is -0.109. The SMILES string of the molecule is COc1cc2c(cc1C)nc1c3ccc4c5ccc6c(=O)n7c8cc(OC)c(C)cc8nc7c7ccc(c8ccc(c(=O)n21)c3c84)c5c67. The van der Waals surface area contributed by atoms with Gasteiger partial charge >= 0.3 is 0 Å². The number of hydrogen-bond donors (Lipinski definition) is 0. The van der Waals surface area contributed by atoms with Crippen molar-refractivity contribution in [3.05, 3.63) is 105 Å². The van der Waals surface area contributed by atoms with Gasteiger partial charge in [-0.25, -0.2) is 9.97 Å². The Morgan fingerprint density at radius 1 is 0.479 bits per heavy atom. The number of benzene rings is 7. The molecule has 48 heavy (non-hydrogen) atoms. The minimum Gasteiger partial charge on any atom is -0.496 e. The Kier molecular flexibility index (Phi) is 4.50. The average molecular weight is 625 g/mol. The summed E-state index contributed by atoms with van der Waals surface area (Å²) in [7, 11) is 3.27. The number of aryl methyl sites for hydroxylation is 2. The molecule has 8 heteroatoms. The Balaban J connectivity index is 1.32. The number of imidazole rings is 2. The smallest absolute Gasteiger partial charge is 0.264 e. The van der Waals surface area contributed by atoms with Crippen LogP contribution >= 0.6 is 0 Å². The van der Waals surface area contributed by atoms with Crippen molar-refractivity contribution in [1.29, 1.82) is 0 Å². The number of aromatic nitrogens is 4. The molecule has 0 atom stereocenters. The van der Waals surface area contributed by atoms with Crippen molar-refractivity contribution in [3.8, 4) is 11.5 Å². The number of ether oxygens (including phenoxy) is 2. The fraction of sp³-hybridized carbons (Fsp3) is 0.100. The molecule has 7 aromatic carbocycles. The van der Waals surface area contributed by atoms with Gasteiger partial charge < -0.3 is 9.47 Å². The fourth-order valence-corrected chi connectivity index (χ4v) is 8.49. The van der Waals surface area contributed by atoms with Crippen molar-refractivity contribution >= 4 is 98.0 Å². The average Bonchev–Trinajstić information content (AvgIpc) is 3.66. The van der Waals surface area contributed by atoms with Crippen molar-refractivity contribution in [3.63, 3.8) is 0 Å². The van der Waals surface area contributed by atoms with E-state index in [-0.39, 0.29) is 11.1 Å². The fourth-order valence-electron chi connectivity index (χ4n) is 8.49. The van der Waals surface area contributed by atoms with Crippen LogP contribution in [0.1, 0.15) is 11.1 Å². The summed E-state index contributed by atoms with van der Waals surface area (Å²) < 4.78 is 14.6. The number of methoxy groups -OCH3 is 2. The van der Waals surface area contributed by atoms with Crippen molar-refractivity contribution in [2.75, 3.05) is 14.2 Å². The lowest BCUT2D eigenvalue weighted by molar-refractivity contribution is 0.412. The highest BCUT2D eigenvalue weighted by Gasteiger charge is 2.24. The molecule has 0 aliphatic heterocycles. The molecular weight excluding hydrogens is 600 g/mol. The van der Waals surface area contributed by atoms with E-state index in [1.165, 1.54) is 0 Å². The lowest BCUT2D eigenvalue weighted by Gasteiger charge is -2.18. The third-order valence-electron chi connectivity index (χ3n) is 10.6. The first-order valence-corrected chi connectivity index (χ1v) is 15.8. The van der Waals surface area contributed by atoms with Crippen LogP contribution in [-0.2, 0) is 0 Å². The zero-order chi connectivity index (χ0) is 32.3. The van der Waals surface area contributed by atoms with Crippen molar-refractivity contribution < 1.29 is 9.47 Å². The highest BCUT2D eigenvalue weighted by molar-refractivity contribution is 6.40. The minimum absolute atomic E-state index is 0.109. The summed E-state index contributed by atoms with van der Waals surface area (Å²) in [5.41, 5.74) is 5.93. The molecule has 0 aliphatic rings. The first kappa shape index (κ1) is 25.9. The molecule has 0 radical (unpaired) electrons. The summed E-state index contributed by atoms with van der Waals surface area (Å²) in [6, 6.07) is 24.2. The van der Waals surface area contributed by atoms with E-state index in [0.29, 0.717) is 22.1 Å². The van der Waals surface area contributed by atoms with Crippen LogP contribution < -0.4 is 20.6 Å². The van der Waals surface area contributed by atoms with E-state index in [1.807, 2.05) is 50.2 Å². The van der Waals surface area contributed by atoms with Gasteiger partial charge in [-0.15, -0.1) is 0 Å². The third kappa shape index (κ3) is 2.80. The summed E-state index contributed by atoms with van der Waals surface area (Å²) in [4.78, 5) is 38.5. The van der Waals surface area contributed by atoms with Gasteiger partial charge in [-0.2, -0.15) is 0 Å². The van der Waals surface area contributed by atoms with E-state index in [2.05, 4.69) is 36.4 Å². The second-order valence-electron chi connectivity index (χ2n) is 12.9. The van der Waals surface area contributed by atoms with Crippen LogP contribution in [0.15, 0.2) is 82.4 Å². The zero-order valence-electron chi connectivity index (χ0n) is 26.4. The number of pyridine rings is 2. The van der Waals surface area contributed by atoms with Gasteiger partial charge in [0.05, 0.1) is 36.3 Å². The lowest BCUT2D eigenvalue weighted by Crippen LogP contribution is -2.14. The molecule has 0 bridgehead atoms. The lowest BCUT2D eigenvalue weighted by atomic mass is 9.86. The number of fused-ring (bicyclic) bond motifs is 10. The van der Waals surface area contributed by atoms with Gasteiger partial charge in [-0.3, -0.25) is 18.4 Å². The van der Waals surface area contributed by atoms with Gasteiger partial charge in [0, 0.05) is 44.5 Å². The first-order valence-electron chi connectivity index (χ1n) is 15.8. The van der Waals surface area contributed by atoms with E-state index in [9.17, 15) is 9.59 Å². The van der Waals surface area contributed by atoms with E-state index < -0.39 is 0 Å². The summed E-state index contributed by atoms with van der Waals surface area (Å²) in [6.07, 6.45) is 0. The summed E-state index contributed by atoms with van der Waals surface area (Å²) in [6.45, 7) is 3.96. The molecule has 4 heterocycles. The van der Waals surface area contributed by atoms with Crippen LogP contribution in [0.3, 0.4) is 0 Å². The molecule has 0 amide bonds. The van der Waals surface area contributed by atoms with Gasteiger partial charge in [0.15, 0.2) is 0 Å². The molecular formula is C40H24N4O4. The van der Waals surface area contributed by atoms with Gasteiger partial charge in [-0.1, -0.05) is 24.3 Å².